The molecule has 2 aliphatic heterocycles. The van der Waals surface area contributed by atoms with Crippen molar-refractivity contribution in [3.8, 4) is 0 Å². The van der Waals surface area contributed by atoms with Gasteiger partial charge in [0.2, 0.25) is 0 Å². The second-order valence-corrected chi connectivity index (χ2v) is 8.07. The average molecular weight is 372 g/mol. The number of urea groups is 1. The number of benzene rings is 1. The number of amides is 2. The van der Waals surface area contributed by atoms with E-state index in [0.29, 0.717) is 25.9 Å². The molecule has 0 unspecified atom stereocenters. The van der Waals surface area contributed by atoms with Gasteiger partial charge in [0, 0.05) is 19.1 Å². The minimum Gasteiger partial charge on any atom is -0.481 e. The fraction of sp³-hybridized carbons (Fsp3) is 0.619. The molecule has 146 valence electrons. The predicted molar refractivity (Wildman–Crippen MR) is 100 cm³/mol. The number of likely N-dealkylation sites (tertiary alicyclic amines) is 1. The first-order valence-corrected chi connectivity index (χ1v) is 10.1. The molecule has 4 rings (SSSR count). The Labute approximate surface area is 159 Å². The summed E-state index contributed by atoms with van der Waals surface area (Å²) in [6.45, 7) is 2.12. The molecule has 2 fully saturated rings. The van der Waals surface area contributed by atoms with Gasteiger partial charge in [-0.3, -0.25) is 4.79 Å². The fourth-order valence-corrected chi connectivity index (χ4v) is 4.85. The van der Waals surface area contributed by atoms with Gasteiger partial charge in [0.05, 0.1) is 18.1 Å². The molecule has 1 saturated heterocycles. The highest BCUT2D eigenvalue weighted by atomic mass is 16.5. The molecule has 0 bridgehead atoms. The van der Waals surface area contributed by atoms with E-state index >= 15 is 0 Å². The molecule has 0 atom stereocenters. The van der Waals surface area contributed by atoms with E-state index in [4.69, 9.17) is 9.84 Å². The summed E-state index contributed by atoms with van der Waals surface area (Å²) in [5, 5.41) is 12.2. The van der Waals surface area contributed by atoms with Gasteiger partial charge in [0.15, 0.2) is 0 Å². The van der Waals surface area contributed by atoms with Crippen molar-refractivity contribution in [3.63, 3.8) is 0 Å². The lowest BCUT2D eigenvalue weighted by atomic mass is 9.79. The molecule has 2 heterocycles. The monoisotopic (exact) mass is 372 g/mol. The lowest BCUT2D eigenvalue weighted by Crippen LogP contribution is -2.53. The summed E-state index contributed by atoms with van der Waals surface area (Å²) in [6, 6.07) is 8.59. The maximum Gasteiger partial charge on any atom is 0.317 e. The minimum absolute atomic E-state index is 0.0206. The first-order chi connectivity index (χ1) is 13.1. The second-order valence-electron chi connectivity index (χ2n) is 8.07. The van der Waals surface area contributed by atoms with Crippen LogP contribution in [0.5, 0.6) is 0 Å². The maximum absolute atomic E-state index is 12.7. The zero-order valence-electron chi connectivity index (χ0n) is 15.7. The molecule has 3 aliphatic rings. The van der Waals surface area contributed by atoms with E-state index in [1.807, 2.05) is 4.90 Å². The Morgan fingerprint density at radius 3 is 2.52 bits per heavy atom. The van der Waals surface area contributed by atoms with Crippen molar-refractivity contribution in [2.24, 2.45) is 5.92 Å². The number of piperidine rings is 1. The summed E-state index contributed by atoms with van der Waals surface area (Å²) in [7, 11) is 0. The standard InChI is InChI=1S/C21H28N2O4/c24-19(25)16-5-7-17(8-6-16)22-20(26)23-12-10-21(11-13-23)18-4-2-1-3-15(18)9-14-27-21/h1-4,16-17H,5-14H2,(H,22,26)(H,24,25). The second kappa shape index (κ2) is 7.50. The summed E-state index contributed by atoms with van der Waals surface area (Å²) in [5.41, 5.74) is 2.42. The molecule has 1 aliphatic carbocycles. The van der Waals surface area contributed by atoms with Crippen LogP contribution in [0.1, 0.15) is 49.7 Å². The molecular weight excluding hydrogens is 344 g/mol. The lowest BCUT2D eigenvalue weighted by molar-refractivity contribution is -0.142. The molecular formula is C21H28N2O4. The van der Waals surface area contributed by atoms with E-state index in [0.717, 1.165) is 38.7 Å². The Kier molecular flexibility index (Phi) is 5.08. The highest BCUT2D eigenvalue weighted by Gasteiger charge is 2.41. The van der Waals surface area contributed by atoms with E-state index in [9.17, 15) is 9.59 Å². The molecule has 6 heteroatoms. The van der Waals surface area contributed by atoms with Crippen LogP contribution in [0, 0.1) is 5.92 Å². The Balaban J connectivity index is 1.32. The molecule has 1 aromatic rings. The molecule has 2 N–H and O–H groups in total. The van der Waals surface area contributed by atoms with Crippen LogP contribution in [0.3, 0.4) is 0 Å². The van der Waals surface area contributed by atoms with Crippen molar-refractivity contribution in [2.75, 3.05) is 19.7 Å². The van der Waals surface area contributed by atoms with Crippen LogP contribution in [-0.2, 0) is 21.6 Å². The van der Waals surface area contributed by atoms with Gasteiger partial charge >= 0.3 is 12.0 Å². The van der Waals surface area contributed by atoms with Gasteiger partial charge in [-0.15, -0.1) is 0 Å². The number of hydrogen-bond acceptors (Lipinski definition) is 3. The summed E-state index contributed by atoms with van der Waals surface area (Å²) in [5.74, 6) is -0.967. The van der Waals surface area contributed by atoms with Gasteiger partial charge in [-0.1, -0.05) is 24.3 Å². The van der Waals surface area contributed by atoms with Crippen molar-refractivity contribution >= 4 is 12.0 Å². The van der Waals surface area contributed by atoms with E-state index < -0.39 is 5.97 Å². The van der Waals surface area contributed by atoms with Gasteiger partial charge in [-0.05, 0) is 56.1 Å². The molecule has 2 amide bonds. The van der Waals surface area contributed by atoms with Crippen LogP contribution >= 0.6 is 0 Å². The smallest absolute Gasteiger partial charge is 0.317 e. The Morgan fingerprint density at radius 1 is 1.11 bits per heavy atom. The Bertz CT molecular complexity index is 704. The fourth-order valence-electron chi connectivity index (χ4n) is 4.85. The van der Waals surface area contributed by atoms with E-state index in [2.05, 4.69) is 29.6 Å². The molecule has 27 heavy (non-hydrogen) atoms. The van der Waals surface area contributed by atoms with E-state index in [1.165, 1.54) is 11.1 Å². The number of carboxylic acids is 1. The maximum atomic E-state index is 12.7. The third-order valence-corrected chi connectivity index (χ3v) is 6.52. The quantitative estimate of drug-likeness (QED) is 0.837. The van der Waals surface area contributed by atoms with Crippen molar-refractivity contribution in [3.05, 3.63) is 35.4 Å². The van der Waals surface area contributed by atoms with E-state index in [1.54, 1.807) is 0 Å². The minimum atomic E-state index is -0.714. The van der Waals surface area contributed by atoms with Gasteiger partial charge in [0.25, 0.3) is 0 Å². The summed E-state index contributed by atoms with van der Waals surface area (Å²) < 4.78 is 6.23. The van der Waals surface area contributed by atoms with Gasteiger partial charge < -0.3 is 20.1 Å². The normalized spacial score (nSPS) is 27.0. The van der Waals surface area contributed by atoms with Crippen LogP contribution in [0.25, 0.3) is 0 Å². The Hall–Kier alpha value is -2.08. The summed E-state index contributed by atoms with van der Waals surface area (Å²) in [4.78, 5) is 25.6. The van der Waals surface area contributed by atoms with Crippen LogP contribution in [0.15, 0.2) is 24.3 Å². The molecule has 1 saturated carbocycles. The number of carboxylic acid groups (broad SMARTS) is 1. The number of hydrogen-bond donors (Lipinski definition) is 2. The SMILES string of the molecule is O=C(O)C1CCC(NC(=O)N2CCC3(CC2)OCCc2ccccc23)CC1. The van der Waals surface area contributed by atoms with Gasteiger partial charge in [-0.2, -0.15) is 0 Å². The number of carbonyl (C=O) groups is 2. The predicted octanol–water partition coefficient (Wildman–Crippen LogP) is 2.90. The zero-order valence-corrected chi connectivity index (χ0v) is 15.7. The first kappa shape index (κ1) is 18.3. The van der Waals surface area contributed by atoms with Crippen molar-refractivity contribution in [1.82, 2.24) is 10.2 Å². The number of nitrogens with zero attached hydrogens (tertiary/aromatic N) is 1. The summed E-state index contributed by atoms with van der Waals surface area (Å²) in [6.07, 6.45) is 5.39. The highest BCUT2D eigenvalue weighted by Crippen LogP contribution is 2.41. The molecule has 0 aromatic heterocycles. The van der Waals surface area contributed by atoms with E-state index in [-0.39, 0.29) is 23.6 Å². The third kappa shape index (κ3) is 3.68. The van der Waals surface area contributed by atoms with Crippen LogP contribution in [0.4, 0.5) is 4.79 Å². The topological polar surface area (TPSA) is 78.9 Å². The number of fused-ring (bicyclic) bond motifs is 2. The largest absolute Gasteiger partial charge is 0.481 e. The van der Waals surface area contributed by atoms with Crippen molar-refractivity contribution in [1.29, 1.82) is 0 Å². The number of nitrogens with one attached hydrogen (secondary N) is 1. The number of aliphatic carboxylic acids is 1. The summed E-state index contributed by atoms with van der Waals surface area (Å²) >= 11 is 0. The van der Waals surface area contributed by atoms with Gasteiger partial charge in [0.1, 0.15) is 0 Å². The van der Waals surface area contributed by atoms with Crippen molar-refractivity contribution in [2.45, 2.75) is 56.6 Å². The van der Waals surface area contributed by atoms with Gasteiger partial charge in [-0.25, -0.2) is 4.79 Å². The number of rotatable bonds is 2. The van der Waals surface area contributed by atoms with Crippen LogP contribution in [0.2, 0.25) is 0 Å². The molecule has 1 aromatic carbocycles. The average Bonchev–Trinajstić information content (AvgIpc) is 2.69. The molecule has 1 spiro atoms. The number of ether oxygens (including phenoxy) is 1. The Morgan fingerprint density at radius 2 is 1.81 bits per heavy atom. The van der Waals surface area contributed by atoms with Crippen LogP contribution < -0.4 is 5.32 Å². The molecule has 6 nitrogen and oxygen atoms in total. The highest BCUT2D eigenvalue weighted by molar-refractivity contribution is 5.75. The first-order valence-electron chi connectivity index (χ1n) is 10.1. The van der Waals surface area contributed by atoms with Crippen molar-refractivity contribution < 1.29 is 19.4 Å². The third-order valence-electron chi connectivity index (χ3n) is 6.52. The molecule has 0 radical (unpaired) electrons. The lowest BCUT2D eigenvalue weighted by Gasteiger charge is -2.45. The number of carbonyl (C=O) groups excluding carboxylic acids is 1. The zero-order chi connectivity index (χ0) is 18.9. The van der Waals surface area contributed by atoms with Crippen LogP contribution in [-0.4, -0.2) is 47.7 Å².